The molecule has 0 radical (unpaired) electrons. The van der Waals surface area contributed by atoms with Crippen LogP contribution in [0.1, 0.15) is 18.1 Å². The van der Waals surface area contributed by atoms with Gasteiger partial charge in [0.1, 0.15) is 5.75 Å². The number of hydrogen-bond donors (Lipinski definition) is 1. The lowest BCUT2D eigenvalue weighted by molar-refractivity contribution is -0.120. The van der Waals surface area contributed by atoms with Gasteiger partial charge in [0, 0.05) is 0 Å². The Morgan fingerprint density at radius 3 is 2.48 bits per heavy atom. The zero-order chi connectivity index (χ0) is 16.5. The maximum absolute atomic E-state index is 11.8. The average molecular weight is 308 g/mol. The molecule has 23 heavy (non-hydrogen) atoms. The molecular weight excluding hydrogens is 288 g/mol. The van der Waals surface area contributed by atoms with Gasteiger partial charge in [-0.2, -0.15) is 5.10 Å². The molecule has 0 aliphatic carbocycles. The lowest BCUT2D eigenvalue weighted by Crippen LogP contribution is -2.19. The van der Waals surface area contributed by atoms with Gasteiger partial charge in [0.05, 0.1) is 19.7 Å². The third-order valence-corrected chi connectivity index (χ3v) is 3.18. The van der Waals surface area contributed by atoms with Crippen molar-refractivity contribution in [3.05, 3.63) is 71.3 Å². The Morgan fingerprint density at radius 2 is 1.83 bits per heavy atom. The fourth-order valence-corrected chi connectivity index (χ4v) is 2.02. The second-order valence-corrected chi connectivity index (χ2v) is 5.12. The summed E-state index contributed by atoms with van der Waals surface area (Å²) in [4.78, 5) is 11.8. The minimum Gasteiger partial charge on any atom is -0.497 e. The van der Waals surface area contributed by atoms with Gasteiger partial charge in [0.25, 0.3) is 0 Å². The summed E-state index contributed by atoms with van der Waals surface area (Å²) in [5, 5.41) is 3.98. The van der Waals surface area contributed by atoms with E-state index in [0.717, 1.165) is 22.4 Å². The van der Waals surface area contributed by atoms with Crippen molar-refractivity contribution in [2.75, 3.05) is 7.11 Å². The number of nitrogens with zero attached hydrogens (tertiary/aromatic N) is 1. The van der Waals surface area contributed by atoms with Crippen LogP contribution >= 0.6 is 0 Å². The van der Waals surface area contributed by atoms with Gasteiger partial charge in [0.2, 0.25) is 5.91 Å². The van der Waals surface area contributed by atoms with Gasteiger partial charge in [-0.1, -0.05) is 48.5 Å². The fourth-order valence-electron chi connectivity index (χ4n) is 2.02. The average Bonchev–Trinajstić information content (AvgIpc) is 2.56. The summed E-state index contributed by atoms with van der Waals surface area (Å²) in [7, 11) is 1.61. The summed E-state index contributed by atoms with van der Waals surface area (Å²) in [6.07, 6.45) is 3.92. The van der Waals surface area contributed by atoms with E-state index in [1.165, 1.54) is 0 Å². The second-order valence-electron chi connectivity index (χ2n) is 5.12. The minimum atomic E-state index is -0.154. The molecule has 0 aromatic heterocycles. The fraction of sp³-hybridized carbons (Fsp3) is 0.158. The monoisotopic (exact) mass is 308 g/mol. The molecule has 1 amide bonds. The number of nitrogens with one attached hydrogen (secondary N) is 1. The zero-order valence-corrected chi connectivity index (χ0v) is 13.3. The number of hydrogen-bond acceptors (Lipinski definition) is 3. The Hall–Kier alpha value is -2.88. The normalized spacial score (nSPS) is 11.5. The Balaban J connectivity index is 1.84. The number of amides is 1. The van der Waals surface area contributed by atoms with Crippen LogP contribution in [0, 0.1) is 0 Å². The third-order valence-electron chi connectivity index (χ3n) is 3.18. The molecule has 0 aliphatic heterocycles. The van der Waals surface area contributed by atoms with Crippen LogP contribution in [0.4, 0.5) is 0 Å². The summed E-state index contributed by atoms with van der Waals surface area (Å²) in [6.45, 7) is 1.94. The van der Waals surface area contributed by atoms with Crippen molar-refractivity contribution in [2.45, 2.75) is 13.3 Å². The van der Waals surface area contributed by atoms with Crippen molar-refractivity contribution >= 4 is 18.2 Å². The van der Waals surface area contributed by atoms with Crippen molar-refractivity contribution in [1.29, 1.82) is 0 Å². The van der Waals surface area contributed by atoms with E-state index in [1.807, 2.05) is 67.6 Å². The number of carbonyl (C=O) groups excluding carboxylic acids is 1. The first-order chi connectivity index (χ1) is 11.2. The standard InChI is InChI=1S/C19H20N2O2/c1-15(12-16-6-4-3-5-7-16)14-20-21-19(22)13-17-8-10-18(23-2)11-9-17/h3-12,14H,13H2,1-2H3,(H,21,22). The number of hydrazone groups is 1. The van der Waals surface area contributed by atoms with Crippen LogP contribution in [0.25, 0.3) is 6.08 Å². The van der Waals surface area contributed by atoms with E-state index in [4.69, 9.17) is 4.74 Å². The van der Waals surface area contributed by atoms with Crippen LogP contribution in [0.15, 0.2) is 65.3 Å². The first kappa shape index (κ1) is 16.5. The number of benzene rings is 2. The van der Waals surface area contributed by atoms with Crippen LogP contribution in [-0.2, 0) is 11.2 Å². The quantitative estimate of drug-likeness (QED) is 0.656. The summed E-state index contributed by atoms with van der Waals surface area (Å²) in [5.74, 6) is 0.618. The molecule has 0 spiro atoms. The molecule has 0 fully saturated rings. The molecule has 118 valence electrons. The molecule has 2 aromatic rings. The highest BCUT2D eigenvalue weighted by atomic mass is 16.5. The van der Waals surface area contributed by atoms with Gasteiger partial charge < -0.3 is 4.74 Å². The number of methoxy groups -OCH3 is 1. The van der Waals surface area contributed by atoms with Crippen LogP contribution in [0.5, 0.6) is 5.75 Å². The van der Waals surface area contributed by atoms with Crippen molar-refractivity contribution < 1.29 is 9.53 Å². The third kappa shape index (κ3) is 5.79. The highest BCUT2D eigenvalue weighted by Crippen LogP contribution is 2.11. The van der Waals surface area contributed by atoms with Crippen LogP contribution in [-0.4, -0.2) is 19.2 Å². The van der Waals surface area contributed by atoms with Gasteiger partial charge in [-0.15, -0.1) is 0 Å². The Kier molecular flexibility index (Phi) is 6.12. The lowest BCUT2D eigenvalue weighted by Gasteiger charge is -2.02. The summed E-state index contributed by atoms with van der Waals surface area (Å²) in [5.41, 5.74) is 5.50. The molecule has 2 aromatic carbocycles. The molecule has 0 saturated carbocycles. The molecule has 4 nitrogen and oxygen atoms in total. The van der Waals surface area contributed by atoms with Gasteiger partial charge in [-0.05, 0) is 35.8 Å². The highest BCUT2D eigenvalue weighted by molar-refractivity contribution is 5.86. The lowest BCUT2D eigenvalue weighted by atomic mass is 10.1. The van der Waals surface area contributed by atoms with Gasteiger partial charge >= 0.3 is 0 Å². The van der Waals surface area contributed by atoms with Gasteiger partial charge in [-0.3, -0.25) is 4.79 Å². The zero-order valence-electron chi connectivity index (χ0n) is 13.3. The van der Waals surface area contributed by atoms with E-state index < -0.39 is 0 Å². The van der Waals surface area contributed by atoms with E-state index >= 15 is 0 Å². The van der Waals surface area contributed by atoms with Crippen molar-refractivity contribution in [1.82, 2.24) is 5.43 Å². The first-order valence-electron chi connectivity index (χ1n) is 7.35. The minimum absolute atomic E-state index is 0.154. The molecule has 0 unspecified atom stereocenters. The Morgan fingerprint density at radius 1 is 1.13 bits per heavy atom. The predicted octanol–water partition coefficient (Wildman–Crippen LogP) is 3.44. The maximum Gasteiger partial charge on any atom is 0.244 e. The summed E-state index contributed by atoms with van der Waals surface area (Å²) < 4.78 is 5.08. The number of ether oxygens (including phenoxy) is 1. The second kappa shape index (κ2) is 8.54. The summed E-state index contributed by atoms with van der Waals surface area (Å²) in [6, 6.07) is 17.3. The van der Waals surface area contributed by atoms with E-state index in [1.54, 1.807) is 13.3 Å². The van der Waals surface area contributed by atoms with Crippen molar-refractivity contribution in [3.63, 3.8) is 0 Å². The van der Waals surface area contributed by atoms with Crippen LogP contribution < -0.4 is 10.2 Å². The Bertz CT molecular complexity index is 689. The number of allylic oxidation sites excluding steroid dienone is 1. The van der Waals surface area contributed by atoms with Gasteiger partial charge in [-0.25, -0.2) is 5.43 Å². The molecular formula is C19H20N2O2. The summed E-state index contributed by atoms with van der Waals surface area (Å²) >= 11 is 0. The number of rotatable bonds is 6. The van der Waals surface area contributed by atoms with Crippen LogP contribution in [0.2, 0.25) is 0 Å². The molecule has 1 N–H and O–H groups in total. The predicted molar refractivity (Wildman–Crippen MR) is 93.4 cm³/mol. The molecule has 2 rings (SSSR count). The van der Waals surface area contributed by atoms with E-state index in [9.17, 15) is 4.79 Å². The van der Waals surface area contributed by atoms with E-state index in [2.05, 4.69) is 10.5 Å². The van der Waals surface area contributed by atoms with E-state index in [0.29, 0.717) is 0 Å². The molecule has 4 heteroatoms. The van der Waals surface area contributed by atoms with E-state index in [-0.39, 0.29) is 12.3 Å². The first-order valence-corrected chi connectivity index (χ1v) is 7.35. The number of carbonyl (C=O) groups is 1. The molecule has 0 saturated heterocycles. The van der Waals surface area contributed by atoms with Crippen molar-refractivity contribution in [2.24, 2.45) is 5.10 Å². The molecule has 0 atom stereocenters. The molecule has 0 aliphatic rings. The Labute approximate surface area is 136 Å². The SMILES string of the molecule is COc1ccc(CC(=O)NN=CC(C)=Cc2ccccc2)cc1. The molecule has 0 heterocycles. The van der Waals surface area contributed by atoms with Crippen molar-refractivity contribution in [3.8, 4) is 5.75 Å². The topological polar surface area (TPSA) is 50.7 Å². The molecule has 0 bridgehead atoms. The van der Waals surface area contributed by atoms with Crippen LogP contribution in [0.3, 0.4) is 0 Å². The highest BCUT2D eigenvalue weighted by Gasteiger charge is 2.02. The van der Waals surface area contributed by atoms with Gasteiger partial charge in [0.15, 0.2) is 0 Å². The largest absolute Gasteiger partial charge is 0.497 e. The smallest absolute Gasteiger partial charge is 0.244 e. The maximum atomic E-state index is 11.8.